The van der Waals surface area contributed by atoms with Crippen molar-refractivity contribution in [3.8, 4) is 5.75 Å². The summed E-state index contributed by atoms with van der Waals surface area (Å²) in [4.78, 5) is 3.33. The Balaban J connectivity index is 0.00000240. The van der Waals surface area contributed by atoms with Crippen molar-refractivity contribution in [2.75, 3.05) is 6.54 Å². The first-order valence-electron chi connectivity index (χ1n) is 9.50. The first-order chi connectivity index (χ1) is 13.8. The molecule has 3 aromatic carbocycles. The van der Waals surface area contributed by atoms with E-state index in [1.807, 2.05) is 36.4 Å². The van der Waals surface area contributed by atoms with Gasteiger partial charge >= 0.3 is 0 Å². The molecule has 0 fully saturated rings. The molecule has 0 spiro atoms. The van der Waals surface area contributed by atoms with Crippen LogP contribution in [0.25, 0.3) is 10.9 Å². The Morgan fingerprint density at radius 3 is 2.55 bits per heavy atom. The lowest BCUT2D eigenvalue weighted by Crippen LogP contribution is -2.17. The summed E-state index contributed by atoms with van der Waals surface area (Å²) in [6.07, 6.45) is 3.06. The fraction of sp³-hybridized carbons (Fsp3) is 0.167. The molecule has 0 aliphatic rings. The summed E-state index contributed by atoms with van der Waals surface area (Å²) in [5.41, 5.74) is 4.73. The number of aromatic nitrogens is 1. The number of ether oxygens (including phenoxy) is 1. The Kier molecular flexibility index (Phi) is 7.59. The van der Waals surface area contributed by atoms with E-state index in [-0.39, 0.29) is 12.4 Å². The molecule has 0 amide bonds. The van der Waals surface area contributed by atoms with Gasteiger partial charge < -0.3 is 15.0 Å². The predicted molar refractivity (Wildman–Crippen MR) is 123 cm³/mol. The maximum Gasteiger partial charge on any atom is 0.124 e. The third-order valence-corrected chi connectivity index (χ3v) is 5.06. The van der Waals surface area contributed by atoms with E-state index < -0.39 is 0 Å². The predicted octanol–water partition coefficient (Wildman–Crippen LogP) is 6.15. The zero-order valence-electron chi connectivity index (χ0n) is 16.0. The fourth-order valence-corrected chi connectivity index (χ4v) is 3.54. The zero-order chi connectivity index (χ0) is 19.2. The van der Waals surface area contributed by atoms with Crippen LogP contribution in [0, 0.1) is 0 Å². The molecule has 1 aromatic heterocycles. The van der Waals surface area contributed by atoms with Crippen molar-refractivity contribution < 1.29 is 4.74 Å². The maximum atomic E-state index is 6.21. The molecule has 29 heavy (non-hydrogen) atoms. The summed E-state index contributed by atoms with van der Waals surface area (Å²) in [7, 11) is 0. The van der Waals surface area contributed by atoms with Crippen molar-refractivity contribution in [2.45, 2.75) is 19.6 Å². The minimum absolute atomic E-state index is 0. The summed E-state index contributed by atoms with van der Waals surface area (Å²) < 4.78 is 6.04. The average Bonchev–Trinajstić information content (AvgIpc) is 3.14. The van der Waals surface area contributed by atoms with E-state index in [9.17, 15) is 0 Å². The maximum absolute atomic E-state index is 6.21. The van der Waals surface area contributed by atoms with Crippen molar-refractivity contribution in [2.24, 2.45) is 0 Å². The molecule has 1 heterocycles. The van der Waals surface area contributed by atoms with E-state index in [1.165, 1.54) is 16.5 Å². The van der Waals surface area contributed by atoms with Gasteiger partial charge in [0, 0.05) is 34.2 Å². The SMILES string of the molecule is Cl.Clc1ccc(OCc2ccccc2)c(CNCCc2c[nH]c3ccccc23)c1. The monoisotopic (exact) mass is 426 g/mol. The lowest BCUT2D eigenvalue weighted by molar-refractivity contribution is 0.302. The van der Waals surface area contributed by atoms with Gasteiger partial charge in [0.25, 0.3) is 0 Å². The second-order valence-electron chi connectivity index (χ2n) is 6.81. The number of nitrogens with one attached hydrogen (secondary N) is 2. The van der Waals surface area contributed by atoms with Crippen molar-refractivity contribution in [1.29, 1.82) is 0 Å². The molecule has 3 nitrogen and oxygen atoms in total. The smallest absolute Gasteiger partial charge is 0.124 e. The molecule has 0 aliphatic carbocycles. The summed E-state index contributed by atoms with van der Waals surface area (Å²) in [6, 6.07) is 24.4. The zero-order valence-corrected chi connectivity index (χ0v) is 17.6. The molecule has 0 unspecified atom stereocenters. The number of hydrogen-bond donors (Lipinski definition) is 2. The topological polar surface area (TPSA) is 37.0 Å². The number of aromatic amines is 1. The largest absolute Gasteiger partial charge is 0.489 e. The third-order valence-electron chi connectivity index (χ3n) is 4.82. The van der Waals surface area contributed by atoms with Gasteiger partial charge in [-0.2, -0.15) is 0 Å². The minimum atomic E-state index is 0. The molecule has 0 saturated carbocycles. The average molecular weight is 427 g/mol. The van der Waals surface area contributed by atoms with Crippen LogP contribution in [-0.4, -0.2) is 11.5 Å². The second-order valence-corrected chi connectivity index (χ2v) is 7.25. The van der Waals surface area contributed by atoms with Crippen LogP contribution in [0.3, 0.4) is 0 Å². The first-order valence-corrected chi connectivity index (χ1v) is 9.88. The number of benzene rings is 3. The Hall–Kier alpha value is -2.46. The van der Waals surface area contributed by atoms with E-state index >= 15 is 0 Å². The first kappa shape index (κ1) is 21.3. The number of rotatable bonds is 8. The third kappa shape index (κ3) is 5.54. The van der Waals surface area contributed by atoms with Gasteiger partial charge in [-0.05, 0) is 48.4 Å². The van der Waals surface area contributed by atoms with Gasteiger partial charge in [-0.25, -0.2) is 0 Å². The minimum Gasteiger partial charge on any atom is -0.489 e. The highest BCUT2D eigenvalue weighted by Gasteiger charge is 2.07. The van der Waals surface area contributed by atoms with Gasteiger partial charge in [-0.15, -0.1) is 12.4 Å². The molecule has 5 heteroatoms. The van der Waals surface area contributed by atoms with Gasteiger partial charge in [-0.3, -0.25) is 0 Å². The Morgan fingerprint density at radius 2 is 1.69 bits per heavy atom. The Morgan fingerprint density at radius 1 is 0.897 bits per heavy atom. The molecule has 4 rings (SSSR count). The highest BCUT2D eigenvalue weighted by Crippen LogP contribution is 2.24. The van der Waals surface area contributed by atoms with Crippen LogP contribution in [0.4, 0.5) is 0 Å². The van der Waals surface area contributed by atoms with Crippen LogP contribution in [0.5, 0.6) is 5.75 Å². The number of hydrogen-bond acceptors (Lipinski definition) is 2. The van der Waals surface area contributed by atoms with E-state index in [0.717, 1.165) is 34.9 Å². The molecule has 0 saturated heterocycles. The molecule has 2 N–H and O–H groups in total. The number of para-hydroxylation sites is 1. The number of fused-ring (bicyclic) bond motifs is 1. The normalized spacial score (nSPS) is 10.7. The van der Waals surface area contributed by atoms with Crippen LogP contribution in [0.1, 0.15) is 16.7 Å². The molecule has 150 valence electrons. The molecular formula is C24H24Cl2N2O. The number of halogens is 2. The Bertz CT molecular complexity index is 1050. The van der Waals surface area contributed by atoms with E-state index in [0.29, 0.717) is 13.2 Å². The van der Waals surface area contributed by atoms with Crippen LogP contribution >= 0.6 is 24.0 Å². The molecular weight excluding hydrogens is 403 g/mol. The van der Waals surface area contributed by atoms with Crippen molar-refractivity contribution in [3.63, 3.8) is 0 Å². The Labute approximate surface area is 182 Å². The van der Waals surface area contributed by atoms with E-state index in [1.54, 1.807) is 0 Å². The summed E-state index contributed by atoms with van der Waals surface area (Å²) in [5, 5.41) is 5.53. The molecule has 0 atom stereocenters. The van der Waals surface area contributed by atoms with E-state index in [2.05, 4.69) is 52.9 Å². The van der Waals surface area contributed by atoms with E-state index in [4.69, 9.17) is 16.3 Å². The lowest BCUT2D eigenvalue weighted by Gasteiger charge is -2.13. The molecule has 4 aromatic rings. The lowest BCUT2D eigenvalue weighted by atomic mass is 10.1. The van der Waals surface area contributed by atoms with Crippen molar-refractivity contribution in [3.05, 3.63) is 101 Å². The summed E-state index contributed by atoms with van der Waals surface area (Å²) in [5.74, 6) is 0.868. The van der Waals surface area contributed by atoms with Crippen LogP contribution in [0.2, 0.25) is 5.02 Å². The highest BCUT2D eigenvalue weighted by atomic mass is 35.5. The van der Waals surface area contributed by atoms with Gasteiger partial charge in [0.05, 0.1) is 0 Å². The van der Waals surface area contributed by atoms with Crippen LogP contribution in [0.15, 0.2) is 79.0 Å². The molecule has 0 bridgehead atoms. The van der Waals surface area contributed by atoms with Crippen LogP contribution in [-0.2, 0) is 19.6 Å². The quantitative estimate of drug-likeness (QED) is 0.331. The highest BCUT2D eigenvalue weighted by molar-refractivity contribution is 6.30. The molecule has 0 aliphatic heterocycles. The van der Waals surface area contributed by atoms with Crippen molar-refractivity contribution >= 4 is 34.9 Å². The van der Waals surface area contributed by atoms with Crippen LogP contribution < -0.4 is 10.1 Å². The number of H-pyrrole nitrogens is 1. The van der Waals surface area contributed by atoms with Crippen molar-refractivity contribution in [1.82, 2.24) is 10.3 Å². The fourth-order valence-electron chi connectivity index (χ4n) is 3.35. The van der Waals surface area contributed by atoms with Gasteiger partial charge in [0.1, 0.15) is 12.4 Å². The standard InChI is InChI=1S/C24H23ClN2O.ClH/c25-21-10-11-24(28-17-18-6-2-1-3-7-18)20(14-21)15-26-13-12-19-16-27-23-9-5-4-8-22(19)23;/h1-11,14,16,26-27H,12-13,15,17H2;1H. The summed E-state index contributed by atoms with van der Waals surface area (Å²) in [6.45, 7) is 2.14. The van der Waals surface area contributed by atoms with Gasteiger partial charge in [0.15, 0.2) is 0 Å². The van der Waals surface area contributed by atoms with Gasteiger partial charge in [-0.1, -0.05) is 60.1 Å². The van der Waals surface area contributed by atoms with Gasteiger partial charge in [0.2, 0.25) is 0 Å². The molecule has 0 radical (unpaired) electrons. The second kappa shape index (κ2) is 10.4. The summed E-state index contributed by atoms with van der Waals surface area (Å²) >= 11 is 6.21.